The van der Waals surface area contributed by atoms with Crippen LogP contribution in [0.3, 0.4) is 0 Å². The first-order chi connectivity index (χ1) is 15.5. The number of para-hydroxylation sites is 1. The summed E-state index contributed by atoms with van der Waals surface area (Å²) < 4.78 is 23.8. The van der Waals surface area contributed by atoms with Crippen LogP contribution in [0.25, 0.3) is 0 Å². The SMILES string of the molecule is O=C(COc1ccccc1/C=N\NC(=O)C(=O)NC[C@@H]1CCCO1)Nc1ccc(F)cc1. The number of hydrazone groups is 1. The minimum atomic E-state index is -0.906. The monoisotopic (exact) mass is 442 g/mol. The summed E-state index contributed by atoms with van der Waals surface area (Å²) in [6.07, 6.45) is 3.02. The number of hydrogen-bond acceptors (Lipinski definition) is 6. The number of rotatable bonds is 8. The molecule has 1 fully saturated rings. The van der Waals surface area contributed by atoms with Crippen molar-refractivity contribution in [2.45, 2.75) is 18.9 Å². The molecule has 1 heterocycles. The molecule has 168 valence electrons. The number of nitrogens with zero attached hydrogens (tertiary/aromatic N) is 1. The second kappa shape index (κ2) is 11.6. The van der Waals surface area contributed by atoms with Crippen LogP contribution in [0.5, 0.6) is 5.75 Å². The number of ether oxygens (including phenoxy) is 2. The lowest BCUT2D eigenvalue weighted by molar-refractivity contribution is -0.139. The molecule has 0 bridgehead atoms. The van der Waals surface area contributed by atoms with Gasteiger partial charge in [0.05, 0.1) is 12.3 Å². The van der Waals surface area contributed by atoms with E-state index in [1.807, 2.05) is 0 Å². The van der Waals surface area contributed by atoms with E-state index in [2.05, 4.69) is 21.2 Å². The number of anilines is 1. The van der Waals surface area contributed by atoms with Gasteiger partial charge in [0, 0.05) is 24.4 Å². The van der Waals surface area contributed by atoms with Gasteiger partial charge in [-0.05, 0) is 49.2 Å². The maximum atomic E-state index is 12.9. The molecule has 0 unspecified atom stereocenters. The Balaban J connectivity index is 1.46. The molecule has 0 radical (unpaired) electrons. The summed E-state index contributed by atoms with van der Waals surface area (Å²) >= 11 is 0. The maximum absolute atomic E-state index is 12.9. The summed E-state index contributed by atoms with van der Waals surface area (Å²) in [4.78, 5) is 35.7. The van der Waals surface area contributed by atoms with E-state index in [1.165, 1.54) is 30.5 Å². The van der Waals surface area contributed by atoms with Gasteiger partial charge in [0.1, 0.15) is 11.6 Å². The molecule has 1 aliphatic heterocycles. The van der Waals surface area contributed by atoms with Crippen LogP contribution in [-0.4, -0.2) is 49.8 Å². The molecule has 0 spiro atoms. The number of halogens is 1. The van der Waals surface area contributed by atoms with Crippen LogP contribution < -0.4 is 20.8 Å². The van der Waals surface area contributed by atoms with Crippen molar-refractivity contribution in [3.05, 3.63) is 59.9 Å². The normalized spacial score (nSPS) is 15.3. The van der Waals surface area contributed by atoms with Crippen LogP contribution in [0.2, 0.25) is 0 Å². The molecular formula is C22H23FN4O5. The van der Waals surface area contributed by atoms with Crippen LogP contribution in [0, 0.1) is 5.82 Å². The molecule has 2 aromatic carbocycles. The number of carbonyl (C=O) groups is 3. The Bertz CT molecular complexity index is 975. The molecule has 0 saturated carbocycles. The van der Waals surface area contributed by atoms with Crippen molar-refractivity contribution in [1.29, 1.82) is 0 Å². The lowest BCUT2D eigenvalue weighted by Gasteiger charge is -2.10. The number of amides is 3. The van der Waals surface area contributed by atoms with Gasteiger partial charge in [-0.15, -0.1) is 0 Å². The zero-order valence-corrected chi connectivity index (χ0v) is 17.2. The van der Waals surface area contributed by atoms with E-state index >= 15 is 0 Å². The topological polar surface area (TPSA) is 118 Å². The first kappa shape index (κ1) is 22.9. The molecule has 10 heteroatoms. The highest BCUT2D eigenvalue weighted by Crippen LogP contribution is 2.16. The molecule has 1 saturated heterocycles. The quantitative estimate of drug-likeness (QED) is 0.326. The van der Waals surface area contributed by atoms with E-state index in [1.54, 1.807) is 24.3 Å². The van der Waals surface area contributed by atoms with E-state index in [9.17, 15) is 18.8 Å². The Hall–Kier alpha value is -3.79. The van der Waals surface area contributed by atoms with Crippen molar-refractivity contribution >= 4 is 29.6 Å². The lowest BCUT2D eigenvalue weighted by Crippen LogP contribution is -2.41. The summed E-state index contributed by atoms with van der Waals surface area (Å²) in [5.41, 5.74) is 3.08. The highest BCUT2D eigenvalue weighted by Gasteiger charge is 2.19. The van der Waals surface area contributed by atoms with E-state index in [-0.39, 0.29) is 19.3 Å². The fourth-order valence-electron chi connectivity index (χ4n) is 2.90. The Morgan fingerprint density at radius 1 is 1.12 bits per heavy atom. The smallest absolute Gasteiger partial charge is 0.329 e. The number of benzene rings is 2. The summed E-state index contributed by atoms with van der Waals surface area (Å²) in [5, 5.41) is 8.86. The molecule has 1 aliphatic rings. The first-order valence-corrected chi connectivity index (χ1v) is 10.0. The van der Waals surface area contributed by atoms with Gasteiger partial charge in [0.15, 0.2) is 6.61 Å². The largest absolute Gasteiger partial charge is 0.483 e. The van der Waals surface area contributed by atoms with Crippen LogP contribution in [0.15, 0.2) is 53.6 Å². The van der Waals surface area contributed by atoms with Gasteiger partial charge in [-0.3, -0.25) is 14.4 Å². The van der Waals surface area contributed by atoms with Crippen molar-refractivity contribution in [1.82, 2.24) is 10.7 Å². The highest BCUT2D eigenvalue weighted by atomic mass is 19.1. The zero-order chi connectivity index (χ0) is 22.8. The van der Waals surface area contributed by atoms with Crippen LogP contribution in [0.4, 0.5) is 10.1 Å². The average Bonchev–Trinajstić information content (AvgIpc) is 3.32. The molecule has 3 amide bonds. The summed E-state index contributed by atoms with van der Waals surface area (Å²) in [5.74, 6) is -2.20. The average molecular weight is 442 g/mol. The third-order valence-electron chi connectivity index (χ3n) is 4.50. The van der Waals surface area contributed by atoms with Gasteiger partial charge in [0.2, 0.25) is 0 Å². The predicted octanol–water partition coefficient (Wildman–Crippen LogP) is 1.59. The molecular weight excluding hydrogens is 419 g/mol. The maximum Gasteiger partial charge on any atom is 0.329 e. The van der Waals surface area contributed by atoms with E-state index < -0.39 is 23.5 Å². The van der Waals surface area contributed by atoms with Gasteiger partial charge < -0.3 is 20.1 Å². The van der Waals surface area contributed by atoms with Crippen molar-refractivity contribution in [3.63, 3.8) is 0 Å². The number of nitrogens with one attached hydrogen (secondary N) is 3. The molecule has 32 heavy (non-hydrogen) atoms. The second-order valence-corrected chi connectivity index (χ2v) is 6.93. The third-order valence-corrected chi connectivity index (χ3v) is 4.50. The Morgan fingerprint density at radius 2 is 1.91 bits per heavy atom. The molecule has 3 rings (SSSR count). The van der Waals surface area contributed by atoms with Crippen LogP contribution >= 0.6 is 0 Å². The minimum Gasteiger partial charge on any atom is -0.483 e. The van der Waals surface area contributed by atoms with Gasteiger partial charge in [-0.2, -0.15) is 5.10 Å². The lowest BCUT2D eigenvalue weighted by atomic mass is 10.2. The molecule has 3 N–H and O–H groups in total. The van der Waals surface area contributed by atoms with Crippen molar-refractivity contribution in [2.75, 3.05) is 25.1 Å². The molecule has 9 nitrogen and oxygen atoms in total. The van der Waals surface area contributed by atoms with Gasteiger partial charge >= 0.3 is 11.8 Å². The Morgan fingerprint density at radius 3 is 2.66 bits per heavy atom. The molecule has 0 aromatic heterocycles. The van der Waals surface area contributed by atoms with Crippen molar-refractivity contribution in [3.8, 4) is 5.75 Å². The predicted molar refractivity (Wildman–Crippen MR) is 115 cm³/mol. The number of carbonyl (C=O) groups excluding carboxylic acids is 3. The van der Waals surface area contributed by atoms with Crippen molar-refractivity contribution in [2.24, 2.45) is 5.10 Å². The Kier molecular flexibility index (Phi) is 8.27. The van der Waals surface area contributed by atoms with Gasteiger partial charge in [-0.1, -0.05) is 12.1 Å². The van der Waals surface area contributed by atoms with E-state index in [4.69, 9.17) is 9.47 Å². The summed E-state index contributed by atoms with van der Waals surface area (Å²) in [6, 6.07) is 12.1. The second-order valence-electron chi connectivity index (χ2n) is 6.93. The van der Waals surface area contributed by atoms with Gasteiger partial charge in [-0.25, -0.2) is 9.82 Å². The Labute approximate surface area is 184 Å². The fourth-order valence-corrected chi connectivity index (χ4v) is 2.90. The van der Waals surface area contributed by atoms with E-state index in [0.29, 0.717) is 23.6 Å². The van der Waals surface area contributed by atoms with Gasteiger partial charge in [0.25, 0.3) is 5.91 Å². The molecule has 0 aliphatic carbocycles. The van der Waals surface area contributed by atoms with Crippen LogP contribution in [0.1, 0.15) is 18.4 Å². The zero-order valence-electron chi connectivity index (χ0n) is 17.2. The summed E-state index contributed by atoms with van der Waals surface area (Å²) in [7, 11) is 0. The number of hydrogen-bond donors (Lipinski definition) is 3. The molecule has 1 atom stereocenters. The van der Waals surface area contributed by atoms with E-state index in [0.717, 1.165) is 12.8 Å². The third kappa shape index (κ3) is 7.17. The standard InChI is InChI=1S/C22H23FN4O5/c23-16-7-9-17(10-8-16)26-20(28)14-32-19-6-2-1-4-15(19)12-25-27-22(30)21(29)24-13-18-5-3-11-31-18/h1-2,4,6-10,12,18H,3,5,11,13-14H2,(H,24,29)(H,26,28)(H,27,30)/b25-12-/t18-/m0/s1. The first-order valence-electron chi connectivity index (χ1n) is 10.0. The highest BCUT2D eigenvalue weighted by molar-refractivity contribution is 6.35. The summed E-state index contributed by atoms with van der Waals surface area (Å²) in [6.45, 7) is 0.638. The van der Waals surface area contributed by atoms with Crippen molar-refractivity contribution < 1.29 is 28.2 Å². The minimum absolute atomic E-state index is 0.0699. The van der Waals surface area contributed by atoms with Crippen LogP contribution in [-0.2, 0) is 19.1 Å². The molecule has 2 aromatic rings. The fraction of sp³-hybridized carbons (Fsp3) is 0.273.